The first-order valence-electron chi connectivity index (χ1n) is 28.4. The zero-order valence-corrected chi connectivity index (χ0v) is 48.5. The molecule has 2 N–H and O–H groups in total. The van der Waals surface area contributed by atoms with Crippen LogP contribution in [0.15, 0.2) is 124 Å². The Morgan fingerprint density at radius 1 is 0.447 bits per heavy atom. The van der Waals surface area contributed by atoms with Crippen LogP contribution in [0.2, 0.25) is 0 Å². The number of hydrogen-bond donors (Lipinski definition) is 2. The van der Waals surface area contributed by atoms with Gasteiger partial charge in [-0.05, 0) is 160 Å². The lowest BCUT2D eigenvalue weighted by atomic mass is 9.73. The van der Waals surface area contributed by atoms with Gasteiger partial charge in [0.15, 0.2) is 0 Å². The minimum atomic E-state index is -6.17. The molecule has 11 aliphatic carbocycles. The minimum Gasteiger partial charge on any atom is -0.408 e. The van der Waals surface area contributed by atoms with E-state index >= 15 is 0 Å². The molecule has 12 unspecified atom stereocenters. The zero-order valence-electron chi connectivity index (χ0n) is 48.5. The first kappa shape index (κ1) is 78.5. The van der Waals surface area contributed by atoms with E-state index in [0.29, 0.717) is 6.08 Å². The van der Waals surface area contributed by atoms with E-state index in [0.717, 1.165) is 82.9 Å². The van der Waals surface area contributed by atoms with Crippen LogP contribution in [-0.4, -0.2) is 64.3 Å². The predicted octanol–water partition coefficient (Wildman–Crippen LogP) is 20.8. The quantitative estimate of drug-likeness (QED) is 0.168. The maximum absolute atomic E-state index is 12.0. The van der Waals surface area contributed by atoms with Crippen LogP contribution in [0, 0.1) is 82.9 Å². The molecule has 12 rings (SSSR count). The van der Waals surface area contributed by atoms with Gasteiger partial charge in [0.05, 0.1) is 0 Å². The molecule has 0 aromatic carbocycles. The van der Waals surface area contributed by atoms with Crippen molar-refractivity contribution >= 4 is 0 Å². The second-order valence-electron chi connectivity index (χ2n) is 20.9. The van der Waals surface area contributed by atoms with Gasteiger partial charge in [0.25, 0.3) is 11.2 Å². The van der Waals surface area contributed by atoms with Crippen molar-refractivity contribution in [1.29, 1.82) is 0 Å². The van der Waals surface area contributed by atoms with Crippen LogP contribution in [0.1, 0.15) is 119 Å². The van der Waals surface area contributed by atoms with E-state index in [9.17, 15) is 87.8 Å². The van der Waals surface area contributed by atoms with E-state index in [2.05, 4.69) is 110 Å². The van der Waals surface area contributed by atoms with E-state index in [1.54, 1.807) is 38.5 Å². The Hall–Kier alpha value is -4.48. The molecular weight excluding hydrogens is 1180 g/mol. The van der Waals surface area contributed by atoms with Gasteiger partial charge in [0.2, 0.25) is 0 Å². The van der Waals surface area contributed by atoms with Crippen molar-refractivity contribution in [3.63, 3.8) is 0 Å². The summed E-state index contributed by atoms with van der Waals surface area (Å²) in [6.07, 6.45) is 2.96. The number of fused-ring (bicyclic) bond motifs is 20. The van der Waals surface area contributed by atoms with Crippen molar-refractivity contribution in [2.75, 3.05) is 0 Å². The third-order valence-corrected chi connectivity index (χ3v) is 16.7. The summed E-state index contributed by atoms with van der Waals surface area (Å²) in [7, 11) is 0. The Morgan fingerprint density at radius 3 is 0.835 bits per heavy atom. The lowest BCUT2D eigenvalue weighted by molar-refractivity contribution is -0.442. The normalized spacial score (nSPS) is 31.1. The molecule has 6 fully saturated rings. The fourth-order valence-corrected chi connectivity index (χ4v) is 13.2. The molecule has 0 aromatic heterocycles. The summed E-state index contributed by atoms with van der Waals surface area (Å²) in [5.41, 5.74) is -9.51. The Bertz CT molecular complexity index is 2040. The van der Waals surface area contributed by atoms with E-state index in [1.807, 2.05) is 41.5 Å². The number of allylic oxidation sites excluding steroid dienone is 10. The number of alkyl halides is 18. The highest BCUT2D eigenvalue weighted by molar-refractivity contribution is 5.22. The van der Waals surface area contributed by atoms with Gasteiger partial charge in [0.1, 0.15) is 0 Å². The molecule has 85 heavy (non-hydrogen) atoms. The number of aliphatic hydroxyl groups is 2. The molecule has 1 heterocycles. The summed E-state index contributed by atoms with van der Waals surface area (Å²) in [4.78, 5) is 0. The largest absolute Gasteiger partial charge is 0.478 e. The number of hydrogen-bond acceptors (Lipinski definition) is 4. The van der Waals surface area contributed by atoms with Crippen LogP contribution < -0.4 is 0 Å². The van der Waals surface area contributed by atoms with Gasteiger partial charge in [-0.25, -0.2) is 0 Å². The number of rotatable bonds is 3. The summed E-state index contributed by atoms with van der Waals surface area (Å²) >= 11 is 0. The van der Waals surface area contributed by atoms with E-state index in [-0.39, 0.29) is 0 Å². The first-order valence-corrected chi connectivity index (χ1v) is 28.4. The van der Waals surface area contributed by atoms with Gasteiger partial charge in [-0.2, -0.15) is 87.8 Å². The second-order valence-corrected chi connectivity index (χ2v) is 20.9. The third-order valence-electron chi connectivity index (χ3n) is 16.7. The van der Waals surface area contributed by atoms with Gasteiger partial charge in [-0.15, -0.1) is 32.9 Å². The molecule has 12 atom stereocenters. The van der Waals surface area contributed by atoms with Gasteiger partial charge in [-0.3, -0.25) is 0 Å². The molecule has 12 aliphatic rings. The highest BCUT2D eigenvalue weighted by atomic mass is 19.4. The maximum atomic E-state index is 12.0. The highest BCUT2D eigenvalue weighted by Crippen LogP contribution is 2.66. The second kappa shape index (κ2) is 32.1. The summed E-state index contributed by atoms with van der Waals surface area (Å²) in [5.74, 6) is 9.62. The standard InChI is InChI=1S/2C12H16.C7H8.C6H6F6O.C5F8O2.C5H4F6O.C4H6.3C2H6.2C2H4/c2*1-2-8-5-7(1)11-9-3-4-10(6-9)12(8)11;1-2-7-4-3-6(1)5-7;1-2-3-4(13,5(7,8)9)6(10,11)12;6-1-2(7)15-3(14-1,4(8,9)10)5(11,12)13;1-2-3(12,4(6,7)8)5(9,10)11;1-2-4-3-1;5*1-2/h2*1-2,7-12H,3-6H2;1-4,6-7H,5H2;2,13H,1,3H2;;2,12H,1H2;1-2H,3-4H2;3*1-2H3;2*1-2H2. The van der Waals surface area contributed by atoms with Gasteiger partial charge >= 0.3 is 54.9 Å². The van der Waals surface area contributed by atoms with Gasteiger partial charge in [0, 0.05) is 6.42 Å². The predicted molar refractivity (Wildman–Crippen MR) is 287 cm³/mol. The Balaban J connectivity index is 0.000000491. The molecule has 6 saturated carbocycles. The summed E-state index contributed by atoms with van der Waals surface area (Å²) in [6.45, 7) is 29.0. The highest BCUT2D eigenvalue weighted by Gasteiger charge is 2.80. The van der Waals surface area contributed by atoms with Gasteiger partial charge in [-0.1, -0.05) is 115 Å². The zero-order chi connectivity index (χ0) is 66.1. The van der Waals surface area contributed by atoms with Crippen molar-refractivity contribution < 1.29 is 107 Å². The molecule has 0 amide bonds. The molecule has 0 spiro atoms. The Morgan fingerprint density at radius 2 is 0.706 bits per heavy atom. The van der Waals surface area contributed by atoms with Crippen LogP contribution in [0.5, 0.6) is 0 Å². The Labute approximate surface area is 486 Å². The van der Waals surface area contributed by atoms with Crippen LogP contribution >= 0.6 is 0 Å². The lowest BCUT2D eigenvalue weighted by Crippen LogP contribution is -2.58. The fourth-order valence-electron chi connectivity index (χ4n) is 13.2. The maximum Gasteiger partial charge on any atom is 0.478 e. The summed E-state index contributed by atoms with van der Waals surface area (Å²) in [6, 6.07) is -5.41. The molecule has 24 heteroatoms. The minimum absolute atomic E-state index is 0.362. The molecule has 0 radical (unpaired) electrons. The Kier molecular flexibility index (Phi) is 29.7. The smallest absolute Gasteiger partial charge is 0.408 e. The average molecular weight is 1260 g/mol. The van der Waals surface area contributed by atoms with Crippen molar-refractivity contribution in [2.45, 2.75) is 173 Å². The summed E-state index contributed by atoms with van der Waals surface area (Å²) < 4.78 is 241. The van der Waals surface area contributed by atoms with Crippen molar-refractivity contribution in [3.8, 4) is 0 Å². The van der Waals surface area contributed by atoms with Crippen molar-refractivity contribution in [2.24, 2.45) is 82.9 Å². The molecule has 4 nitrogen and oxygen atoms in total. The van der Waals surface area contributed by atoms with Gasteiger partial charge < -0.3 is 19.7 Å². The third kappa shape index (κ3) is 17.7. The van der Waals surface area contributed by atoms with Crippen LogP contribution in [-0.2, 0) is 9.47 Å². The fraction of sp³-hybridized carbons (Fsp3) is 0.672. The van der Waals surface area contributed by atoms with E-state index in [4.69, 9.17) is 10.2 Å². The topological polar surface area (TPSA) is 58.9 Å². The molecule has 490 valence electrons. The SMILES string of the molecule is C1=CC2C=CC1C2.C1=CC2CC1C1C3CCC(C3)C21.C1=CC2CC1C1C3CCC(C3)C21.C1=CCC1.C=C.C=C.C=CC(O)(C(F)(F)F)C(F)(F)F.C=CCC(O)(C(F)(F)F)C(F)(F)F.CC.CC.CC.FC1=C(F)OC(C(F)(F)F)(C(F)(F)F)O1. The first-order chi connectivity index (χ1) is 39.4. The van der Waals surface area contributed by atoms with Crippen molar-refractivity contribution in [1.82, 2.24) is 0 Å². The van der Waals surface area contributed by atoms with Crippen LogP contribution in [0.4, 0.5) is 87.8 Å². The monoisotopic (exact) mass is 1260 g/mol. The van der Waals surface area contributed by atoms with Crippen LogP contribution in [0.25, 0.3) is 0 Å². The lowest BCUT2D eigenvalue weighted by Gasteiger charge is -2.31. The molecule has 1 aliphatic heterocycles. The molecule has 0 aromatic rings. The average Bonchev–Trinajstić information content (AvgIpc) is 2.09. The molecular formula is C61H82F20O4. The van der Waals surface area contributed by atoms with E-state index < -0.39 is 78.6 Å². The van der Waals surface area contributed by atoms with Crippen molar-refractivity contribution in [3.05, 3.63) is 124 Å². The number of ether oxygens (including phenoxy) is 2. The van der Waals surface area contributed by atoms with Crippen LogP contribution in [0.3, 0.4) is 0 Å². The van der Waals surface area contributed by atoms with E-state index in [1.165, 1.54) is 32.1 Å². The molecule has 0 saturated heterocycles. The number of halogens is 20. The molecule has 10 bridgehead atoms. The summed E-state index contributed by atoms with van der Waals surface area (Å²) in [5, 5.41) is 16.5.